The maximum absolute atomic E-state index is 11.9. The van der Waals surface area contributed by atoms with E-state index in [1.165, 1.54) is 14.0 Å². The minimum Gasteiger partial charge on any atom is -0.545 e. The number of amides is 2. The van der Waals surface area contributed by atoms with Gasteiger partial charge in [-0.05, 0) is 67.8 Å². The Morgan fingerprint density at radius 1 is 1.00 bits per heavy atom. The largest absolute Gasteiger partial charge is 1.00 e. The molecule has 0 radical (unpaired) electrons. The van der Waals surface area contributed by atoms with Gasteiger partial charge >= 0.3 is 29.6 Å². The first-order chi connectivity index (χ1) is 9.22. The molecular formula is C11H8I3N2NaO4. The monoisotopic (exact) mass is 648 g/mol. The Labute approximate surface area is 184 Å². The van der Waals surface area contributed by atoms with Crippen molar-refractivity contribution < 1.29 is 49.0 Å². The number of hydrogen-bond acceptors (Lipinski definition) is 4. The molecule has 2 N–H and O–H groups in total. The molecule has 0 bridgehead atoms. The summed E-state index contributed by atoms with van der Waals surface area (Å²) in [6.07, 6.45) is 0. The van der Waals surface area contributed by atoms with E-state index in [1.54, 1.807) is 22.6 Å². The van der Waals surface area contributed by atoms with Crippen molar-refractivity contribution in [1.29, 1.82) is 0 Å². The zero-order valence-corrected chi connectivity index (χ0v) is 19.7. The molecule has 108 valence electrons. The van der Waals surface area contributed by atoms with Crippen LogP contribution in [0.3, 0.4) is 0 Å². The fourth-order valence-electron chi connectivity index (χ4n) is 1.45. The topological polar surface area (TPSA) is 98.3 Å². The third-order valence-corrected chi connectivity index (χ3v) is 5.51. The van der Waals surface area contributed by atoms with Gasteiger partial charge in [0.25, 0.3) is 5.91 Å². The molecule has 0 spiro atoms. The number of benzene rings is 1. The number of nitrogens with one attached hydrogen (secondary N) is 2. The molecule has 21 heavy (non-hydrogen) atoms. The number of carboxylic acids is 1. The van der Waals surface area contributed by atoms with E-state index in [0.29, 0.717) is 12.8 Å². The van der Waals surface area contributed by atoms with Crippen LogP contribution < -0.4 is 45.3 Å². The van der Waals surface area contributed by atoms with E-state index < -0.39 is 11.9 Å². The Hall–Kier alpha value is 0.820. The molecule has 6 nitrogen and oxygen atoms in total. The zero-order chi connectivity index (χ0) is 15.6. The van der Waals surface area contributed by atoms with Gasteiger partial charge in [-0.1, -0.05) is 0 Å². The Morgan fingerprint density at radius 3 is 1.86 bits per heavy atom. The summed E-state index contributed by atoms with van der Waals surface area (Å²) in [4.78, 5) is 34.5. The molecule has 2 amide bonds. The van der Waals surface area contributed by atoms with Crippen LogP contribution in [0.1, 0.15) is 27.6 Å². The van der Waals surface area contributed by atoms with Gasteiger partial charge in [-0.25, -0.2) is 0 Å². The first-order valence-corrected chi connectivity index (χ1v) is 8.37. The molecule has 0 aliphatic heterocycles. The van der Waals surface area contributed by atoms with Crippen molar-refractivity contribution in [3.8, 4) is 0 Å². The van der Waals surface area contributed by atoms with Crippen LogP contribution in [0, 0.1) is 10.7 Å². The van der Waals surface area contributed by atoms with E-state index >= 15 is 0 Å². The summed E-state index contributed by atoms with van der Waals surface area (Å²) < 4.78 is 1.10. The zero-order valence-electron chi connectivity index (χ0n) is 11.3. The van der Waals surface area contributed by atoms with Gasteiger partial charge in [0.2, 0.25) is 5.91 Å². The normalized spacial score (nSPS) is 9.57. The van der Waals surface area contributed by atoms with Gasteiger partial charge in [0.15, 0.2) is 0 Å². The fraction of sp³-hybridized carbons (Fsp3) is 0.182. The predicted octanol–water partition coefficient (Wildman–Crippen LogP) is -1.81. The summed E-state index contributed by atoms with van der Waals surface area (Å²) in [6, 6.07) is 0. The van der Waals surface area contributed by atoms with Gasteiger partial charge in [0.1, 0.15) is 0 Å². The molecule has 1 aromatic rings. The molecule has 0 heterocycles. The maximum Gasteiger partial charge on any atom is 1.00 e. The summed E-state index contributed by atoms with van der Waals surface area (Å²) in [6.45, 7) is 1.31. The number of rotatable bonds is 3. The van der Waals surface area contributed by atoms with Gasteiger partial charge in [-0.15, -0.1) is 0 Å². The van der Waals surface area contributed by atoms with Crippen LogP contribution in [0.25, 0.3) is 0 Å². The minimum atomic E-state index is -1.40. The molecule has 0 aromatic heterocycles. The first-order valence-electron chi connectivity index (χ1n) is 5.13. The van der Waals surface area contributed by atoms with E-state index in [1.807, 2.05) is 45.2 Å². The summed E-state index contributed by atoms with van der Waals surface area (Å²) in [5.74, 6) is -2.18. The van der Waals surface area contributed by atoms with Gasteiger partial charge in [-0.3, -0.25) is 9.59 Å². The van der Waals surface area contributed by atoms with Crippen LogP contribution in [-0.2, 0) is 4.79 Å². The molecule has 0 saturated carbocycles. The van der Waals surface area contributed by atoms with Crippen molar-refractivity contribution in [1.82, 2.24) is 5.32 Å². The minimum absolute atomic E-state index is 0. The summed E-state index contributed by atoms with van der Waals surface area (Å²) in [5, 5.41) is 16.3. The van der Waals surface area contributed by atoms with Crippen molar-refractivity contribution in [2.24, 2.45) is 0 Å². The van der Waals surface area contributed by atoms with Crippen LogP contribution in [-0.4, -0.2) is 24.8 Å². The van der Waals surface area contributed by atoms with Gasteiger partial charge < -0.3 is 20.5 Å². The third-order valence-electron chi connectivity index (χ3n) is 2.28. The second-order valence-corrected chi connectivity index (χ2v) is 6.85. The number of carbonyl (C=O) groups is 3. The average Bonchev–Trinajstić information content (AvgIpc) is 2.33. The Balaban J connectivity index is 0.00000400. The van der Waals surface area contributed by atoms with E-state index in [4.69, 9.17) is 0 Å². The van der Waals surface area contributed by atoms with Crippen LogP contribution in [0.5, 0.6) is 0 Å². The molecule has 0 saturated heterocycles. The Bertz CT molecular complexity index is 622. The van der Waals surface area contributed by atoms with E-state index in [-0.39, 0.29) is 50.2 Å². The second kappa shape index (κ2) is 9.20. The number of carbonyl (C=O) groups excluding carboxylic acids is 3. The van der Waals surface area contributed by atoms with Gasteiger partial charge in [0, 0.05) is 26.7 Å². The van der Waals surface area contributed by atoms with Crippen LogP contribution in [0.4, 0.5) is 5.69 Å². The molecule has 0 fully saturated rings. The molecule has 1 aromatic carbocycles. The van der Waals surface area contributed by atoms with E-state index in [0.717, 1.165) is 0 Å². The molecular weight excluding hydrogens is 640 g/mol. The predicted molar refractivity (Wildman–Crippen MR) is 96.6 cm³/mol. The molecule has 0 aliphatic rings. The molecule has 0 unspecified atom stereocenters. The quantitative estimate of drug-likeness (QED) is 0.299. The van der Waals surface area contributed by atoms with Crippen molar-refractivity contribution in [3.05, 3.63) is 21.8 Å². The fourth-order valence-corrected chi connectivity index (χ4v) is 5.82. The molecule has 0 aliphatic carbocycles. The van der Waals surface area contributed by atoms with Gasteiger partial charge in [-0.2, -0.15) is 0 Å². The smallest absolute Gasteiger partial charge is 0.545 e. The van der Waals surface area contributed by atoms with Crippen LogP contribution in [0.15, 0.2) is 0 Å². The summed E-state index contributed by atoms with van der Waals surface area (Å²) in [7, 11) is 1.45. The second-order valence-electron chi connectivity index (χ2n) is 3.61. The molecule has 0 atom stereocenters. The molecule has 10 heteroatoms. The Kier molecular flexibility index (Phi) is 9.56. The van der Waals surface area contributed by atoms with E-state index in [2.05, 4.69) is 10.6 Å². The number of hydrogen-bond donors (Lipinski definition) is 2. The van der Waals surface area contributed by atoms with Crippen LogP contribution in [0.2, 0.25) is 0 Å². The van der Waals surface area contributed by atoms with E-state index in [9.17, 15) is 19.5 Å². The number of carboxylic acid groups (broad SMARTS) is 1. The van der Waals surface area contributed by atoms with Gasteiger partial charge in [0.05, 0.1) is 20.8 Å². The van der Waals surface area contributed by atoms with Crippen molar-refractivity contribution in [3.63, 3.8) is 0 Å². The summed E-state index contributed by atoms with van der Waals surface area (Å²) >= 11 is 5.51. The standard InChI is InChI=1S/C11H9I3N2O4.Na/c1-3(17)16-9-7(13)4(10(18)15-2)6(12)5(8(9)14)11(19)20;/h1-2H3,(H,15,18)(H,16,17)(H,19,20);/q;+1/p-1/i12+4,13+4,14+4;. The first kappa shape index (κ1) is 21.8. The number of aromatic carboxylic acids is 1. The molecule has 1 rings (SSSR count). The van der Waals surface area contributed by atoms with Crippen molar-refractivity contribution in [2.75, 3.05) is 12.4 Å². The van der Waals surface area contributed by atoms with Crippen molar-refractivity contribution in [2.45, 2.75) is 6.92 Å². The Morgan fingerprint density at radius 2 is 1.48 bits per heavy atom. The average molecular weight is 648 g/mol. The summed E-state index contributed by atoms with van der Waals surface area (Å²) in [5.41, 5.74) is 0.406. The number of halogens is 3. The maximum atomic E-state index is 11.9. The third kappa shape index (κ3) is 4.89. The SMILES string of the molecule is CNC(=O)c1c([131I])c(NC(C)=O)c([131I])c(C(=O)[O-])c1[131I].[Na+]. The van der Waals surface area contributed by atoms with Crippen molar-refractivity contribution >= 4 is 91.2 Å². The number of anilines is 1. The van der Waals surface area contributed by atoms with Crippen LogP contribution >= 0.6 is 67.8 Å².